The van der Waals surface area contributed by atoms with Crippen LogP contribution in [0, 0.1) is 5.82 Å². The molecule has 0 bridgehead atoms. The van der Waals surface area contributed by atoms with Crippen LogP contribution in [0.15, 0.2) is 42.0 Å². The van der Waals surface area contributed by atoms with E-state index in [4.69, 9.17) is 14.2 Å². The van der Waals surface area contributed by atoms with Crippen LogP contribution in [0.4, 0.5) is 4.39 Å². The summed E-state index contributed by atoms with van der Waals surface area (Å²) in [5, 5.41) is 11.1. The molecule has 2 aromatic rings. The van der Waals surface area contributed by atoms with Crippen LogP contribution < -0.4 is 14.2 Å². The van der Waals surface area contributed by atoms with Crippen molar-refractivity contribution in [3.8, 4) is 17.2 Å². The highest BCUT2D eigenvalue weighted by Crippen LogP contribution is 2.46. The first-order chi connectivity index (χ1) is 14.9. The van der Waals surface area contributed by atoms with E-state index in [9.17, 15) is 19.1 Å². The molecule has 1 N–H and O–H groups in total. The summed E-state index contributed by atoms with van der Waals surface area (Å²) in [5.74, 6) is -1.87. The fourth-order valence-corrected chi connectivity index (χ4v) is 3.81. The number of carbonyl (C=O) groups excluding carboxylic acids is 2. The number of ketones is 1. The first-order valence-electron chi connectivity index (χ1n) is 9.72. The quantitative estimate of drug-likeness (QED) is 0.411. The highest BCUT2D eigenvalue weighted by molar-refractivity contribution is 6.46. The Balaban J connectivity index is 2.33. The van der Waals surface area contributed by atoms with E-state index in [0.29, 0.717) is 23.5 Å². The summed E-state index contributed by atoms with van der Waals surface area (Å²) < 4.78 is 30.0. The molecule has 0 aliphatic carbocycles. The molecular weight excluding hydrogens is 405 g/mol. The van der Waals surface area contributed by atoms with Crippen molar-refractivity contribution in [3.05, 3.63) is 58.9 Å². The molecule has 0 aromatic heterocycles. The van der Waals surface area contributed by atoms with E-state index in [-0.39, 0.29) is 23.4 Å². The number of aliphatic hydroxyl groups is 1. The zero-order valence-electron chi connectivity index (χ0n) is 17.8. The Morgan fingerprint density at radius 1 is 1.06 bits per heavy atom. The zero-order chi connectivity index (χ0) is 22.7. The molecule has 8 heteroatoms. The molecule has 0 radical (unpaired) electrons. The predicted octanol–water partition coefficient (Wildman–Crippen LogP) is 3.68. The number of carbonyl (C=O) groups is 2. The van der Waals surface area contributed by atoms with Crippen molar-refractivity contribution in [1.29, 1.82) is 0 Å². The van der Waals surface area contributed by atoms with E-state index in [1.807, 2.05) is 6.92 Å². The number of halogens is 1. The van der Waals surface area contributed by atoms with Crippen molar-refractivity contribution >= 4 is 17.4 Å². The number of benzene rings is 2. The Kier molecular flexibility index (Phi) is 6.48. The minimum Gasteiger partial charge on any atom is -0.507 e. The van der Waals surface area contributed by atoms with E-state index < -0.39 is 29.3 Å². The van der Waals surface area contributed by atoms with E-state index >= 15 is 0 Å². The molecule has 7 nitrogen and oxygen atoms in total. The lowest BCUT2D eigenvalue weighted by Crippen LogP contribution is -2.30. The normalized spacial score (nSPS) is 17.7. The number of likely N-dealkylation sites (tertiary alicyclic amines) is 1. The lowest BCUT2D eigenvalue weighted by atomic mass is 9.94. The molecule has 2 aromatic carbocycles. The Labute approximate surface area is 179 Å². The van der Waals surface area contributed by atoms with E-state index in [0.717, 1.165) is 6.07 Å². The Bertz CT molecular complexity index is 1050. The number of methoxy groups -OCH3 is 3. The number of para-hydroxylation sites is 1. The van der Waals surface area contributed by atoms with Crippen LogP contribution in [0.2, 0.25) is 0 Å². The van der Waals surface area contributed by atoms with Crippen molar-refractivity contribution in [2.75, 3.05) is 27.9 Å². The molecule has 1 amide bonds. The second kappa shape index (κ2) is 9.07. The molecule has 1 saturated heterocycles. The standard InChI is InChI=1S/C23H24FNO6/c1-5-11-25-19(14-7-6-8-17(30-3)22(14)31-4)18(21(27)23(25)28)20(26)15-12-13(24)9-10-16(15)29-2/h6-10,12,19,26H,5,11H2,1-4H3/b20-18+. The smallest absolute Gasteiger partial charge is 0.295 e. The third kappa shape index (κ3) is 3.81. The zero-order valence-corrected chi connectivity index (χ0v) is 17.8. The molecule has 0 spiro atoms. The van der Waals surface area contributed by atoms with Gasteiger partial charge in [-0.25, -0.2) is 4.39 Å². The Hall–Kier alpha value is -3.55. The van der Waals surface area contributed by atoms with Crippen LogP contribution in [0.1, 0.15) is 30.5 Å². The van der Waals surface area contributed by atoms with Gasteiger partial charge in [-0.05, 0) is 30.7 Å². The highest BCUT2D eigenvalue weighted by atomic mass is 19.1. The summed E-state index contributed by atoms with van der Waals surface area (Å²) in [5.41, 5.74) is 0.268. The molecule has 1 aliphatic rings. The maximum Gasteiger partial charge on any atom is 0.295 e. The third-order valence-electron chi connectivity index (χ3n) is 5.15. The van der Waals surface area contributed by atoms with Gasteiger partial charge in [0.1, 0.15) is 17.3 Å². The number of hydrogen-bond donors (Lipinski definition) is 1. The summed E-state index contributed by atoms with van der Waals surface area (Å²) >= 11 is 0. The van der Waals surface area contributed by atoms with Crippen LogP contribution in [-0.4, -0.2) is 49.6 Å². The van der Waals surface area contributed by atoms with Gasteiger partial charge in [0.15, 0.2) is 11.5 Å². The van der Waals surface area contributed by atoms with Gasteiger partial charge < -0.3 is 24.2 Å². The molecule has 31 heavy (non-hydrogen) atoms. The Morgan fingerprint density at radius 2 is 1.77 bits per heavy atom. The van der Waals surface area contributed by atoms with Crippen molar-refractivity contribution in [1.82, 2.24) is 4.90 Å². The first kappa shape index (κ1) is 22.1. The molecule has 1 unspecified atom stereocenters. The van der Waals surface area contributed by atoms with Gasteiger partial charge in [-0.1, -0.05) is 19.1 Å². The van der Waals surface area contributed by atoms with Gasteiger partial charge in [0, 0.05) is 12.1 Å². The molecule has 1 aliphatic heterocycles. The van der Waals surface area contributed by atoms with Gasteiger partial charge in [0.25, 0.3) is 11.7 Å². The molecule has 164 valence electrons. The van der Waals surface area contributed by atoms with Crippen molar-refractivity contribution in [2.24, 2.45) is 0 Å². The Morgan fingerprint density at radius 3 is 2.39 bits per heavy atom. The largest absolute Gasteiger partial charge is 0.507 e. The van der Waals surface area contributed by atoms with Crippen molar-refractivity contribution in [3.63, 3.8) is 0 Å². The number of nitrogens with zero attached hydrogens (tertiary/aromatic N) is 1. The van der Waals surface area contributed by atoms with Gasteiger partial charge in [0.2, 0.25) is 0 Å². The number of rotatable bonds is 7. The van der Waals surface area contributed by atoms with Crippen molar-refractivity contribution < 1.29 is 33.3 Å². The second-order valence-electron chi connectivity index (χ2n) is 6.92. The van der Waals surface area contributed by atoms with Crippen molar-refractivity contribution in [2.45, 2.75) is 19.4 Å². The molecule has 0 saturated carbocycles. The fraction of sp³-hybridized carbons (Fsp3) is 0.304. The number of ether oxygens (including phenoxy) is 3. The van der Waals surface area contributed by atoms with Gasteiger partial charge in [-0.15, -0.1) is 0 Å². The molecule has 1 heterocycles. The van der Waals surface area contributed by atoms with Crippen LogP contribution in [0.25, 0.3) is 5.76 Å². The van der Waals surface area contributed by atoms with Gasteiger partial charge in [0.05, 0.1) is 38.5 Å². The van der Waals surface area contributed by atoms with E-state index in [2.05, 4.69) is 0 Å². The fourth-order valence-electron chi connectivity index (χ4n) is 3.81. The van der Waals surface area contributed by atoms with E-state index in [1.54, 1.807) is 18.2 Å². The molecular formula is C23H24FNO6. The van der Waals surface area contributed by atoms with Crippen LogP contribution in [-0.2, 0) is 9.59 Å². The van der Waals surface area contributed by atoms with Gasteiger partial charge >= 0.3 is 0 Å². The van der Waals surface area contributed by atoms with Gasteiger partial charge in [-0.3, -0.25) is 9.59 Å². The SMILES string of the molecule is CCCN1C(=O)C(=O)/C(=C(/O)c2cc(F)ccc2OC)C1c1cccc(OC)c1OC. The lowest BCUT2D eigenvalue weighted by Gasteiger charge is -2.27. The van der Waals surface area contributed by atoms with Crippen LogP contribution in [0.3, 0.4) is 0 Å². The third-order valence-corrected chi connectivity index (χ3v) is 5.15. The molecule has 3 rings (SSSR count). The lowest BCUT2D eigenvalue weighted by molar-refractivity contribution is -0.139. The first-order valence-corrected chi connectivity index (χ1v) is 9.72. The summed E-state index contributed by atoms with van der Waals surface area (Å²) in [4.78, 5) is 27.2. The molecule has 1 fully saturated rings. The molecule has 1 atom stereocenters. The second-order valence-corrected chi connectivity index (χ2v) is 6.92. The minimum atomic E-state index is -0.946. The number of Topliss-reactive ketones (excluding diaryl/α,β-unsaturated/α-hetero) is 1. The summed E-state index contributed by atoms with van der Waals surface area (Å²) in [7, 11) is 4.29. The minimum absolute atomic E-state index is 0.0242. The highest BCUT2D eigenvalue weighted by Gasteiger charge is 2.47. The number of amides is 1. The van der Waals surface area contributed by atoms with Crippen LogP contribution in [0.5, 0.6) is 17.2 Å². The van der Waals surface area contributed by atoms with E-state index in [1.165, 1.54) is 38.4 Å². The summed E-state index contributed by atoms with van der Waals surface area (Å²) in [6, 6.07) is 7.70. The number of aliphatic hydroxyl groups excluding tert-OH is 1. The number of hydrogen-bond acceptors (Lipinski definition) is 6. The average molecular weight is 429 g/mol. The average Bonchev–Trinajstić information content (AvgIpc) is 3.03. The topological polar surface area (TPSA) is 85.3 Å². The summed E-state index contributed by atoms with van der Waals surface area (Å²) in [6.07, 6.45) is 0.582. The maximum absolute atomic E-state index is 14.0. The van der Waals surface area contributed by atoms with Gasteiger partial charge in [-0.2, -0.15) is 0 Å². The summed E-state index contributed by atoms with van der Waals surface area (Å²) in [6.45, 7) is 2.14. The maximum atomic E-state index is 14.0. The monoisotopic (exact) mass is 429 g/mol. The predicted molar refractivity (Wildman–Crippen MR) is 112 cm³/mol. The van der Waals surface area contributed by atoms with Crippen LogP contribution >= 0.6 is 0 Å².